The van der Waals surface area contributed by atoms with Gasteiger partial charge in [0.25, 0.3) is 11.5 Å². The number of amides is 1. The van der Waals surface area contributed by atoms with Crippen LogP contribution >= 0.6 is 11.3 Å². The van der Waals surface area contributed by atoms with Gasteiger partial charge >= 0.3 is 0 Å². The van der Waals surface area contributed by atoms with E-state index in [4.69, 9.17) is 9.47 Å². The second-order valence-corrected chi connectivity index (χ2v) is 7.33. The van der Waals surface area contributed by atoms with Crippen LogP contribution in [0.5, 0.6) is 0 Å². The summed E-state index contributed by atoms with van der Waals surface area (Å²) < 4.78 is 13.5. The predicted molar refractivity (Wildman–Crippen MR) is 94.1 cm³/mol. The fraction of sp³-hybridized carbons (Fsp3) is 0.353. The highest BCUT2D eigenvalue weighted by molar-refractivity contribution is 7.23. The fourth-order valence-electron chi connectivity index (χ4n) is 2.87. The van der Waals surface area contributed by atoms with Crippen molar-refractivity contribution in [2.45, 2.75) is 25.7 Å². The Morgan fingerprint density at radius 2 is 2.24 bits per heavy atom. The maximum atomic E-state index is 12.8. The number of aromatic nitrogens is 2. The molecule has 1 unspecified atom stereocenters. The van der Waals surface area contributed by atoms with Crippen LogP contribution in [0.4, 0.5) is 0 Å². The van der Waals surface area contributed by atoms with Gasteiger partial charge in [-0.3, -0.25) is 14.0 Å². The zero-order valence-electron chi connectivity index (χ0n) is 13.8. The van der Waals surface area contributed by atoms with Gasteiger partial charge in [-0.1, -0.05) is 23.5 Å². The van der Waals surface area contributed by atoms with E-state index in [9.17, 15) is 9.59 Å². The lowest BCUT2D eigenvalue weighted by molar-refractivity contribution is -0.137. The van der Waals surface area contributed by atoms with Gasteiger partial charge in [0.2, 0.25) is 0 Å². The van der Waals surface area contributed by atoms with Crippen molar-refractivity contribution in [1.82, 2.24) is 14.7 Å². The van der Waals surface area contributed by atoms with Crippen molar-refractivity contribution in [3.05, 3.63) is 46.4 Å². The van der Waals surface area contributed by atoms with E-state index in [1.54, 1.807) is 0 Å². The molecule has 8 heteroatoms. The lowest BCUT2D eigenvalue weighted by Gasteiger charge is -2.17. The largest absolute Gasteiger partial charge is 0.349 e. The molecule has 1 fully saturated rings. The molecule has 0 spiro atoms. The Bertz CT molecular complexity index is 1020. The van der Waals surface area contributed by atoms with Gasteiger partial charge in [0.05, 0.1) is 16.8 Å². The van der Waals surface area contributed by atoms with E-state index in [0.717, 1.165) is 10.2 Å². The number of hydrogen-bond donors (Lipinski definition) is 1. The Morgan fingerprint density at radius 3 is 3.00 bits per heavy atom. The minimum absolute atomic E-state index is 0.0132. The first-order valence-electron chi connectivity index (χ1n) is 7.94. The highest BCUT2D eigenvalue weighted by atomic mass is 32.1. The molecule has 1 aromatic carbocycles. The molecule has 1 aliphatic rings. The highest BCUT2D eigenvalue weighted by Gasteiger charge is 2.32. The van der Waals surface area contributed by atoms with Crippen LogP contribution < -0.4 is 10.9 Å². The molecule has 0 bridgehead atoms. The molecule has 0 radical (unpaired) electrons. The molecule has 1 aliphatic heterocycles. The third-order valence-electron chi connectivity index (χ3n) is 4.04. The summed E-state index contributed by atoms with van der Waals surface area (Å²) in [4.78, 5) is 30.0. The molecule has 1 amide bonds. The summed E-state index contributed by atoms with van der Waals surface area (Å²) in [6.07, 6.45) is 1.10. The van der Waals surface area contributed by atoms with Crippen molar-refractivity contribution in [3.63, 3.8) is 0 Å². The van der Waals surface area contributed by atoms with Gasteiger partial charge in [-0.15, -0.1) is 0 Å². The Hall–Kier alpha value is -2.29. The van der Waals surface area contributed by atoms with E-state index in [1.807, 2.05) is 38.1 Å². The van der Waals surface area contributed by atoms with Gasteiger partial charge in [-0.05, 0) is 26.0 Å². The SMILES string of the molecule is CC1(C)OCC(CNC(=O)c2cnc3sc4ccccc4n3c2=O)O1. The molecule has 4 rings (SSSR count). The third kappa shape index (κ3) is 2.92. The smallest absolute Gasteiger partial charge is 0.271 e. The minimum Gasteiger partial charge on any atom is -0.349 e. The first-order chi connectivity index (χ1) is 11.9. The van der Waals surface area contributed by atoms with E-state index >= 15 is 0 Å². The zero-order valence-corrected chi connectivity index (χ0v) is 14.6. The van der Waals surface area contributed by atoms with Crippen LogP contribution in [-0.4, -0.2) is 40.3 Å². The molecule has 1 saturated heterocycles. The summed E-state index contributed by atoms with van der Waals surface area (Å²) in [6, 6.07) is 7.52. The number of fused-ring (bicyclic) bond motifs is 3. The molecule has 7 nitrogen and oxygen atoms in total. The molecule has 1 N–H and O–H groups in total. The molecule has 25 heavy (non-hydrogen) atoms. The summed E-state index contributed by atoms with van der Waals surface area (Å²) in [5.74, 6) is -1.11. The summed E-state index contributed by atoms with van der Waals surface area (Å²) in [5.41, 5.74) is 0.395. The summed E-state index contributed by atoms with van der Waals surface area (Å²) in [7, 11) is 0. The molecule has 0 saturated carbocycles. The maximum absolute atomic E-state index is 12.8. The van der Waals surface area contributed by atoms with Gasteiger partial charge in [-0.25, -0.2) is 4.98 Å². The first kappa shape index (κ1) is 16.2. The third-order valence-corrected chi connectivity index (χ3v) is 5.07. The van der Waals surface area contributed by atoms with Crippen molar-refractivity contribution >= 4 is 32.4 Å². The molecule has 3 heterocycles. The van der Waals surface area contributed by atoms with Crippen LogP contribution in [0.1, 0.15) is 24.2 Å². The van der Waals surface area contributed by atoms with Crippen molar-refractivity contribution in [1.29, 1.82) is 0 Å². The Morgan fingerprint density at radius 1 is 1.44 bits per heavy atom. The van der Waals surface area contributed by atoms with E-state index < -0.39 is 11.7 Å². The van der Waals surface area contributed by atoms with Crippen LogP contribution in [0.2, 0.25) is 0 Å². The molecule has 2 aromatic heterocycles. The van der Waals surface area contributed by atoms with E-state index in [-0.39, 0.29) is 23.8 Å². The number of ether oxygens (including phenoxy) is 2. The van der Waals surface area contributed by atoms with Crippen molar-refractivity contribution in [2.24, 2.45) is 0 Å². The summed E-state index contributed by atoms with van der Waals surface area (Å²) in [5, 5.41) is 2.73. The lowest BCUT2D eigenvalue weighted by atomic mass is 10.3. The van der Waals surface area contributed by atoms with Gasteiger partial charge < -0.3 is 14.8 Å². The molecule has 1 atom stereocenters. The first-order valence-corrected chi connectivity index (χ1v) is 8.75. The average Bonchev–Trinajstić information content (AvgIpc) is 3.13. The number of hydrogen-bond acceptors (Lipinski definition) is 6. The van der Waals surface area contributed by atoms with Crippen LogP contribution in [-0.2, 0) is 9.47 Å². The molecule has 3 aromatic rings. The van der Waals surface area contributed by atoms with E-state index in [2.05, 4.69) is 10.3 Å². The van der Waals surface area contributed by atoms with Crippen LogP contribution in [0.3, 0.4) is 0 Å². The summed E-state index contributed by atoms with van der Waals surface area (Å²) in [6.45, 7) is 4.31. The number of rotatable bonds is 3. The van der Waals surface area contributed by atoms with Crippen molar-refractivity contribution in [3.8, 4) is 0 Å². The number of carbonyl (C=O) groups excluding carboxylic acids is 1. The zero-order chi connectivity index (χ0) is 17.6. The molecular weight excluding hydrogens is 342 g/mol. The van der Waals surface area contributed by atoms with Gasteiger partial charge in [-0.2, -0.15) is 0 Å². The lowest BCUT2D eigenvalue weighted by Crippen LogP contribution is -2.37. The van der Waals surface area contributed by atoms with E-state index in [0.29, 0.717) is 11.6 Å². The van der Waals surface area contributed by atoms with Crippen molar-refractivity contribution < 1.29 is 14.3 Å². The number of para-hydroxylation sites is 1. The van der Waals surface area contributed by atoms with Gasteiger partial charge in [0, 0.05) is 12.7 Å². The number of nitrogens with one attached hydrogen (secondary N) is 1. The topological polar surface area (TPSA) is 81.9 Å². The minimum atomic E-state index is -0.648. The monoisotopic (exact) mass is 359 g/mol. The van der Waals surface area contributed by atoms with Crippen LogP contribution in [0.15, 0.2) is 35.3 Å². The number of thiazole rings is 1. The average molecular weight is 359 g/mol. The van der Waals surface area contributed by atoms with Crippen molar-refractivity contribution in [2.75, 3.05) is 13.2 Å². The maximum Gasteiger partial charge on any atom is 0.271 e. The number of benzene rings is 1. The highest BCUT2D eigenvalue weighted by Crippen LogP contribution is 2.23. The number of carbonyl (C=O) groups is 1. The van der Waals surface area contributed by atoms with Crippen LogP contribution in [0.25, 0.3) is 15.2 Å². The Kier molecular flexibility index (Phi) is 3.82. The predicted octanol–water partition coefficient (Wildman–Crippen LogP) is 1.79. The molecule has 130 valence electrons. The quantitative estimate of drug-likeness (QED) is 0.771. The Balaban J connectivity index is 1.61. The molecular formula is C17H17N3O4S. The normalized spacial score (nSPS) is 19.5. The number of nitrogens with zero attached hydrogens (tertiary/aromatic N) is 2. The second-order valence-electron chi connectivity index (χ2n) is 6.33. The van der Waals surface area contributed by atoms with Gasteiger partial charge in [0.1, 0.15) is 11.7 Å². The molecule has 0 aliphatic carbocycles. The Labute approximate surface area is 147 Å². The van der Waals surface area contributed by atoms with Crippen LogP contribution in [0, 0.1) is 0 Å². The second kappa shape index (κ2) is 5.91. The fourth-order valence-corrected chi connectivity index (χ4v) is 3.86. The van der Waals surface area contributed by atoms with E-state index in [1.165, 1.54) is 21.9 Å². The van der Waals surface area contributed by atoms with Gasteiger partial charge in [0.15, 0.2) is 10.7 Å². The standard InChI is InChI=1S/C17H17N3O4S/c1-17(2)23-9-10(24-17)7-18-14(21)11-8-19-16-20(15(11)22)12-5-3-4-6-13(12)25-16/h3-6,8,10H,7,9H2,1-2H3,(H,18,21). The summed E-state index contributed by atoms with van der Waals surface area (Å²) >= 11 is 1.41.